The molecule has 2 saturated heterocycles. The van der Waals surface area contributed by atoms with Crippen LogP contribution in [0.15, 0.2) is 48.8 Å². The van der Waals surface area contributed by atoms with Crippen LogP contribution >= 0.6 is 11.6 Å². The van der Waals surface area contributed by atoms with Crippen LogP contribution in [-0.2, 0) is 9.47 Å². The molecule has 2 aliphatic heterocycles. The number of pyridine rings is 1. The van der Waals surface area contributed by atoms with Crippen molar-refractivity contribution in [2.45, 2.75) is 24.7 Å². The molecule has 0 unspecified atom stereocenters. The van der Waals surface area contributed by atoms with Gasteiger partial charge in [-0.25, -0.2) is 15.0 Å². The maximum atomic E-state index is 6.50. The number of H-pyrrole nitrogens is 1. The Labute approximate surface area is 182 Å². The molecule has 3 aromatic heterocycles. The minimum Gasteiger partial charge on any atom is -0.456 e. The number of hydrogen-bond acceptors (Lipinski definition) is 7. The minimum absolute atomic E-state index is 0.0550. The molecule has 31 heavy (non-hydrogen) atoms. The van der Waals surface area contributed by atoms with Crippen LogP contribution in [0, 0.1) is 0 Å². The second-order valence-electron chi connectivity index (χ2n) is 7.55. The lowest BCUT2D eigenvalue weighted by Crippen LogP contribution is -2.32. The molecule has 2 aliphatic rings. The number of rotatable bonds is 4. The van der Waals surface area contributed by atoms with Gasteiger partial charge in [0, 0.05) is 30.1 Å². The van der Waals surface area contributed by atoms with Gasteiger partial charge in [0.25, 0.3) is 6.01 Å². The van der Waals surface area contributed by atoms with Gasteiger partial charge < -0.3 is 19.2 Å². The second-order valence-corrected chi connectivity index (χ2v) is 7.95. The average Bonchev–Trinajstić information content (AvgIpc) is 3.51. The fraction of sp³-hybridized carbons (Fsp3) is 0.273. The van der Waals surface area contributed by atoms with Crippen molar-refractivity contribution in [1.82, 2.24) is 24.9 Å². The highest BCUT2D eigenvalue weighted by atomic mass is 35.5. The van der Waals surface area contributed by atoms with E-state index in [2.05, 4.69) is 24.9 Å². The van der Waals surface area contributed by atoms with Gasteiger partial charge in [-0.15, -0.1) is 0 Å². The number of fused-ring (bicyclic) bond motifs is 2. The van der Waals surface area contributed by atoms with E-state index in [4.69, 9.17) is 25.8 Å². The highest BCUT2D eigenvalue weighted by Crippen LogP contribution is 2.32. The first-order chi connectivity index (χ1) is 15.2. The number of halogens is 1. The highest BCUT2D eigenvalue weighted by molar-refractivity contribution is 6.33. The SMILES string of the molecule is Clc1cc2[nH]c(O[C@@H]3CO[C@@H]4CCO[C@@H]43)nc2nc1-c1cnc(-c2ccccc2)nc1. The maximum absolute atomic E-state index is 6.50. The van der Waals surface area contributed by atoms with Gasteiger partial charge in [0.15, 0.2) is 17.6 Å². The lowest BCUT2D eigenvalue weighted by Gasteiger charge is -2.15. The first-order valence-electron chi connectivity index (χ1n) is 10.1. The number of benzene rings is 1. The van der Waals surface area contributed by atoms with Crippen LogP contribution < -0.4 is 4.74 Å². The Kier molecular flexibility index (Phi) is 4.56. The van der Waals surface area contributed by atoms with Crippen LogP contribution in [0.25, 0.3) is 33.8 Å². The van der Waals surface area contributed by atoms with E-state index < -0.39 is 0 Å². The van der Waals surface area contributed by atoms with Gasteiger partial charge in [-0.05, 0) is 12.5 Å². The summed E-state index contributed by atoms with van der Waals surface area (Å²) in [5, 5.41) is 0.474. The standard InChI is InChI=1S/C22H18ClN5O3/c23-14-8-15-21(28-22(26-15)31-17-11-30-16-6-7-29-19(16)17)27-18(14)13-9-24-20(25-10-13)12-4-2-1-3-5-12/h1-5,8-10,16-17,19H,6-7,11H2,(H,26,27,28)/t16-,17-,19+/m1/s1. The molecule has 6 rings (SSSR count). The molecule has 4 aromatic rings. The van der Waals surface area contributed by atoms with E-state index in [0.29, 0.717) is 52.5 Å². The van der Waals surface area contributed by atoms with Crippen molar-refractivity contribution in [3.63, 3.8) is 0 Å². The summed E-state index contributed by atoms with van der Waals surface area (Å²) in [6.07, 6.45) is 4.19. The van der Waals surface area contributed by atoms with Gasteiger partial charge in [0.2, 0.25) is 0 Å². The average molecular weight is 436 g/mol. The first-order valence-corrected chi connectivity index (χ1v) is 10.5. The van der Waals surface area contributed by atoms with Crippen LogP contribution in [0.3, 0.4) is 0 Å². The Morgan fingerprint density at radius 1 is 1.03 bits per heavy atom. The molecule has 2 fully saturated rings. The molecule has 0 amide bonds. The number of imidazole rings is 1. The molecule has 3 atom stereocenters. The molecular formula is C22H18ClN5O3. The van der Waals surface area contributed by atoms with E-state index in [1.54, 1.807) is 18.5 Å². The van der Waals surface area contributed by atoms with Crippen molar-refractivity contribution in [2.24, 2.45) is 0 Å². The van der Waals surface area contributed by atoms with E-state index in [-0.39, 0.29) is 18.3 Å². The van der Waals surface area contributed by atoms with Gasteiger partial charge >= 0.3 is 0 Å². The summed E-state index contributed by atoms with van der Waals surface area (Å²) in [5.74, 6) is 0.642. The number of aromatic nitrogens is 5. The van der Waals surface area contributed by atoms with Crippen LogP contribution in [0.1, 0.15) is 6.42 Å². The molecule has 156 valence electrons. The number of aromatic amines is 1. The molecule has 0 saturated carbocycles. The maximum Gasteiger partial charge on any atom is 0.296 e. The number of hydrogen-bond donors (Lipinski definition) is 1. The van der Waals surface area contributed by atoms with E-state index in [0.717, 1.165) is 12.0 Å². The third kappa shape index (κ3) is 3.42. The van der Waals surface area contributed by atoms with Crippen LogP contribution in [0.4, 0.5) is 0 Å². The predicted octanol–water partition coefficient (Wildman–Crippen LogP) is 3.67. The molecule has 0 aliphatic carbocycles. The van der Waals surface area contributed by atoms with Crippen molar-refractivity contribution in [3.05, 3.63) is 53.8 Å². The van der Waals surface area contributed by atoms with E-state index in [9.17, 15) is 0 Å². The molecule has 0 bridgehead atoms. The third-order valence-corrected chi connectivity index (χ3v) is 5.83. The molecule has 9 heteroatoms. The topological polar surface area (TPSA) is 95.0 Å². The van der Waals surface area contributed by atoms with Crippen molar-refractivity contribution in [3.8, 4) is 28.7 Å². The van der Waals surface area contributed by atoms with Gasteiger partial charge in [-0.3, -0.25) is 0 Å². The normalized spacial score (nSPS) is 22.7. The Bertz CT molecular complexity index is 1230. The number of nitrogens with zero attached hydrogens (tertiary/aromatic N) is 4. The lowest BCUT2D eigenvalue weighted by molar-refractivity contribution is 0.0273. The number of nitrogens with one attached hydrogen (secondary N) is 1. The summed E-state index contributed by atoms with van der Waals surface area (Å²) < 4.78 is 17.5. The minimum atomic E-state index is -0.193. The summed E-state index contributed by atoms with van der Waals surface area (Å²) in [4.78, 5) is 21.1. The molecule has 0 spiro atoms. The molecule has 8 nitrogen and oxygen atoms in total. The fourth-order valence-electron chi connectivity index (χ4n) is 4.02. The van der Waals surface area contributed by atoms with Gasteiger partial charge in [-0.1, -0.05) is 41.9 Å². The number of ether oxygens (including phenoxy) is 3. The van der Waals surface area contributed by atoms with E-state index in [1.807, 2.05) is 30.3 Å². The zero-order valence-corrected chi connectivity index (χ0v) is 17.1. The van der Waals surface area contributed by atoms with Crippen molar-refractivity contribution < 1.29 is 14.2 Å². The zero-order valence-electron chi connectivity index (χ0n) is 16.4. The fourth-order valence-corrected chi connectivity index (χ4v) is 4.28. The summed E-state index contributed by atoms with van der Waals surface area (Å²) in [6.45, 7) is 1.18. The first kappa shape index (κ1) is 18.7. The summed E-state index contributed by atoms with van der Waals surface area (Å²) >= 11 is 6.50. The molecule has 5 heterocycles. The van der Waals surface area contributed by atoms with Crippen molar-refractivity contribution in [2.75, 3.05) is 13.2 Å². The highest BCUT2D eigenvalue weighted by Gasteiger charge is 2.43. The third-order valence-electron chi connectivity index (χ3n) is 5.55. The monoisotopic (exact) mass is 435 g/mol. The quantitative estimate of drug-likeness (QED) is 0.522. The van der Waals surface area contributed by atoms with Crippen LogP contribution in [0.2, 0.25) is 5.02 Å². The molecular weight excluding hydrogens is 418 g/mol. The molecule has 0 radical (unpaired) electrons. The lowest BCUT2D eigenvalue weighted by atomic mass is 10.1. The van der Waals surface area contributed by atoms with Crippen LogP contribution in [-0.4, -0.2) is 56.4 Å². The smallest absolute Gasteiger partial charge is 0.296 e. The Morgan fingerprint density at radius 2 is 1.87 bits per heavy atom. The Morgan fingerprint density at radius 3 is 2.71 bits per heavy atom. The Hall–Kier alpha value is -3.07. The molecule has 1 N–H and O–H groups in total. The van der Waals surface area contributed by atoms with Gasteiger partial charge in [0.05, 0.1) is 28.9 Å². The zero-order chi connectivity index (χ0) is 20.8. The van der Waals surface area contributed by atoms with E-state index >= 15 is 0 Å². The summed E-state index contributed by atoms with van der Waals surface area (Å²) in [6, 6.07) is 11.9. The van der Waals surface area contributed by atoms with Gasteiger partial charge in [-0.2, -0.15) is 4.98 Å². The molecule has 1 aromatic carbocycles. The van der Waals surface area contributed by atoms with Gasteiger partial charge in [0.1, 0.15) is 6.10 Å². The van der Waals surface area contributed by atoms with Crippen LogP contribution in [0.5, 0.6) is 6.01 Å². The summed E-state index contributed by atoms with van der Waals surface area (Å²) in [5.41, 5.74) is 3.42. The Balaban J connectivity index is 1.28. The van der Waals surface area contributed by atoms with Crippen molar-refractivity contribution >= 4 is 22.8 Å². The predicted molar refractivity (Wildman–Crippen MR) is 114 cm³/mol. The van der Waals surface area contributed by atoms with E-state index in [1.165, 1.54) is 0 Å². The summed E-state index contributed by atoms with van der Waals surface area (Å²) in [7, 11) is 0. The second kappa shape index (κ2) is 7.56. The largest absolute Gasteiger partial charge is 0.456 e. The van der Waals surface area contributed by atoms with Crippen molar-refractivity contribution in [1.29, 1.82) is 0 Å².